The van der Waals surface area contributed by atoms with E-state index in [9.17, 15) is 0 Å². The Kier molecular flexibility index (Phi) is 5.26. The summed E-state index contributed by atoms with van der Waals surface area (Å²) in [7, 11) is 0. The van der Waals surface area contributed by atoms with Crippen LogP contribution in [-0.2, 0) is 6.54 Å². The lowest BCUT2D eigenvalue weighted by Gasteiger charge is -2.29. The van der Waals surface area contributed by atoms with Gasteiger partial charge in [0.2, 0.25) is 0 Å². The second-order valence-electron chi connectivity index (χ2n) is 5.47. The van der Waals surface area contributed by atoms with Crippen LogP contribution in [-0.4, -0.2) is 31.1 Å². The molecule has 1 aromatic heterocycles. The summed E-state index contributed by atoms with van der Waals surface area (Å²) in [4.78, 5) is 2.55. The molecule has 1 fully saturated rings. The van der Waals surface area contributed by atoms with E-state index in [2.05, 4.69) is 30.1 Å². The molecule has 1 aliphatic rings. The van der Waals surface area contributed by atoms with Crippen LogP contribution in [0.4, 0.5) is 0 Å². The number of piperidine rings is 1. The fourth-order valence-electron chi connectivity index (χ4n) is 2.77. The maximum atomic E-state index is 5.57. The highest BCUT2D eigenvalue weighted by atomic mass is 16.3. The van der Waals surface area contributed by atoms with Crippen LogP contribution in [0.5, 0.6) is 0 Å². The molecule has 102 valence electrons. The number of hydrogen-bond donors (Lipinski definition) is 1. The first kappa shape index (κ1) is 13.6. The van der Waals surface area contributed by atoms with Gasteiger partial charge in [-0.05, 0) is 63.4 Å². The third kappa shape index (κ3) is 3.85. The van der Waals surface area contributed by atoms with Gasteiger partial charge in [0.15, 0.2) is 0 Å². The van der Waals surface area contributed by atoms with Gasteiger partial charge in [0.05, 0.1) is 12.8 Å². The summed E-state index contributed by atoms with van der Waals surface area (Å²) >= 11 is 0. The van der Waals surface area contributed by atoms with Crippen molar-refractivity contribution in [3.63, 3.8) is 0 Å². The Balaban J connectivity index is 1.88. The highest BCUT2D eigenvalue weighted by Gasteiger charge is 2.18. The number of hydrogen-bond acceptors (Lipinski definition) is 3. The monoisotopic (exact) mass is 250 g/mol. The number of nitrogens with one attached hydrogen (secondary N) is 1. The van der Waals surface area contributed by atoms with Crippen molar-refractivity contribution in [1.82, 2.24) is 10.2 Å². The maximum absolute atomic E-state index is 5.57. The van der Waals surface area contributed by atoms with Crippen molar-refractivity contribution in [2.45, 2.75) is 39.7 Å². The SMILES string of the molecule is CCCN(Cc1occc1C)CC1CCCNC1. The van der Waals surface area contributed by atoms with Crippen molar-refractivity contribution in [2.24, 2.45) is 5.92 Å². The average molecular weight is 250 g/mol. The molecule has 0 spiro atoms. The molecule has 1 unspecified atom stereocenters. The van der Waals surface area contributed by atoms with E-state index in [1.165, 1.54) is 44.5 Å². The molecule has 0 amide bonds. The largest absolute Gasteiger partial charge is 0.468 e. The Bertz CT molecular complexity index is 342. The van der Waals surface area contributed by atoms with E-state index in [0.29, 0.717) is 0 Å². The molecule has 1 aliphatic heterocycles. The molecule has 3 nitrogen and oxygen atoms in total. The van der Waals surface area contributed by atoms with E-state index < -0.39 is 0 Å². The van der Waals surface area contributed by atoms with Gasteiger partial charge in [0.25, 0.3) is 0 Å². The molecule has 0 radical (unpaired) electrons. The fraction of sp³-hybridized carbons (Fsp3) is 0.733. The molecule has 2 heterocycles. The first-order chi connectivity index (χ1) is 8.79. The minimum atomic E-state index is 0.806. The average Bonchev–Trinajstić information content (AvgIpc) is 2.77. The Hall–Kier alpha value is -0.800. The minimum Gasteiger partial charge on any atom is -0.468 e. The summed E-state index contributed by atoms with van der Waals surface area (Å²) in [5.74, 6) is 1.94. The van der Waals surface area contributed by atoms with E-state index in [1.54, 1.807) is 6.26 Å². The van der Waals surface area contributed by atoms with Crippen LogP contribution in [0.15, 0.2) is 16.7 Å². The number of furan rings is 1. The standard InChI is InChI=1S/C15H26N2O/c1-3-8-17(11-14-5-4-7-16-10-14)12-15-13(2)6-9-18-15/h6,9,14,16H,3-5,7-8,10-12H2,1-2H3. The Morgan fingerprint density at radius 1 is 1.50 bits per heavy atom. The molecule has 0 aliphatic carbocycles. The zero-order valence-corrected chi connectivity index (χ0v) is 11.7. The normalized spacial score (nSPS) is 20.5. The molecule has 0 aromatic carbocycles. The second kappa shape index (κ2) is 6.95. The molecule has 1 N–H and O–H groups in total. The van der Waals surface area contributed by atoms with Crippen LogP contribution in [0.25, 0.3) is 0 Å². The van der Waals surface area contributed by atoms with Gasteiger partial charge in [-0.2, -0.15) is 0 Å². The summed E-state index contributed by atoms with van der Waals surface area (Å²) < 4.78 is 5.57. The van der Waals surface area contributed by atoms with Crippen LogP contribution in [0, 0.1) is 12.8 Å². The van der Waals surface area contributed by atoms with E-state index in [0.717, 1.165) is 24.8 Å². The Labute approximate surface area is 111 Å². The van der Waals surface area contributed by atoms with E-state index in [4.69, 9.17) is 4.42 Å². The van der Waals surface area contributed by atoms with E-state index in [-0.39, 0.29) is 0 Å². The van der Waals surface area contributed by atoms with Gasteiger partial charge in [0.1, 0.15) is 5.76 Å². The van der Waals surface area contributed by atoms with Crippen molar-refractivity contribution in [2.75, 3.05) is 26.2 Å². The first-order valence-electron chi connectivity index (χ1n) is 7.25. The molecule has 1 atom stereocenters. The Morgan fingerprint density at radius 3 is 3.00 bits per heavy atom. The summed E-state index contributed by atoms with van der Waals surface area (Å²) in [6.07, 6.45) is 5.70. The van der Waals surface area contributed by atoms with Crippen molar-refractivity contribution in [3.8, 4) is 0 Å². The maximum Gasteiger partial charge on any atom is 0.120 e. The highest BCUT2D eigenvalue weighted by molar-refractivity contribution is 5.14. The van der Waals surface area contributed by atoms with Gasteiger partial charge in [-0.25, -0.2) is 0 Å². The topological polar surface area (TPSA) is 28.4 Å². The predicted octanol–water partition coefficient (Wildman–Crippen LogP) is 2.80. The smallest absolute Gasteiger partial charge is 0.120 e. The molecule has 0 saturated carbocycles. The molecule has 0 bridgehead atoms. The van der Waals surface area contributed by atoms with Gasteiger partial charge < -0.3 is 9.73 Å². The predicted molar refractivity (Wildman–Crippen MR) is 74.6 cm³/mol. The van der Waals surface area contributed by atoms with Gasteiger partial charge in [0, 0.05) is 6.54 Å². The lowest BCUT2D eigenvalue weighted by atomic mass is 9.99. The minimum absolute atomic E-state index is 0.806. The number of rotatable bonds is 6. The third-order valence-corrected chi connectivity index (χ3v) is 3.79. The fourth-order valence-corrected chi connectivity index (χ4v) is 2.77. The zero-order valence-electron chi connectivity index (χ0n) is 11.7. The molecule has 3 heteroatoms. The van der Waals surface area contributed by atoms with Crippen LogP contribution in [0.1, 0.15) is 37.5 Å². The van der Waals surface area contributed by atoms with Crippen molar-refractivity contribution in [1.29, 1.82) is 0 Å². The lowest BCUT2D eigenvalue weighted by Crippen LogP contribution is -2.38. The van der Waals surface area contributed by atoms with Crippen LogP contribution >= 0.6 is 0 Å². The summed E-state index contributed by atoms with van der Waals surface area (Å²) in [5.41, 5.74) is 1.28. The molecule has 1 saturated heterocycles. The molecule has 1 aromatic rings. The van der Waals surface area contributed by atoms with Crippen molar-refractivity contribution < 1.29 is 4.42 Å². The molecule has 18 heavy (non-hydrogen) atoms. The molecule has 2 rings (SSSR count). The van der Waals surface area contributed by atoms with Crippen LogP contribution in [0.3, 0.4) is 0 Å². The van der Waals surface area contributed by atoms with Gasteiger partial charge in [-0.15, -0.1) is 0 Å². The summed E-state index contributed by atoms with van der Waals surface area (Å²) in [6, 6.07) is 2.06. The quantitative estimate of drug-likeness (QED) is 0.841. The third-order valence-electron chi connectivity index (χ3n) is 3.79. The lowest BCUT2D eigenvalue weighted by molar-refractivity contribution is 0.189. The van der Waals surface area contributed by atoms with E-state index in [1.807, 2.05) is 0 Å². The zero-order chi connectivity index (χ0) is 12.8. The van der Waals surface area contributed by atoms with Gasteiger partial charge in [-0.1, -0.05) is 6.92 Å². The van der Waals surface area contributed by atoms with Crippen LogP contribution in [0.2, 0.25) is 0 Å². The van der Waals surface area contributed by atoms with Crippen molar-refractivity contribution in [3.05, 3.63) is 23.7 Å². The Morgan fingerprint density at radius 2 is 2.39 bits per heavy atom. The number of nitrogens with zero attached hydrogens (tertiary/aromatic N) is 1. The molecular weight excluding hydrogens is 224 g/mol. The highest BCUT2D eigenvalue weighted by Crippen LogP contribution is 2.16. The summed E-state index contributed by atoms with van der Waals surface area (Å²) in [5, 5.41) is 3.50. The van der Waals surface area contributed by atoms with Crippen molar-refractivity contribution >= 4 is 0 Å². The van der Waals surface area contributed by atoms with Crippen LogP contribution < -0.4 is 5.32 Å². The first-order valence-corrected chi connectivity index (χ1v) is 7.25. The summed E-state index contributed by atoms with van der Waals surface area (Å²) in [6.45, 7) is 10.1. The van der Waals surface area contributed by atoms with Gasteiger partial charge in [-0.3, -0.25) is 4.90 Å². The van der Waals surface area contributed by atoms with E-state index >= 15 is 0 Å². The molecular formula is C15H26N2O. The van der Waals surface area contributed by atoms with Gasteiger partial charge >= 0.3 is 0 Å². The second-order valence-corrected chi connectivity index (χ2v) is 5.47. The number of aryl methyl sites for hydroxylation is 1.